The quantitative estimate of drug-likeness (QED) is 0.224. The summed E-state index contributed by atoms with van der Waals surface area (Å²) in [6, 6.07) is 13.9. The maximum absolute atomic E-state index is 13.0. The molecule has 0 atom stereocenters. The van der Waals surface area contributed by atoms with Crippen LogP contribution in [0.5, 0.6) is 5.75 Å². The molecule has 4 aromatic rings. The number of carbonyl (C=O) groups excluding carboxylic acids is 2. The Morgan fingerprint density at radius 1 is 1.06 bits per heavy atom. The third kappa shape index (κ3) is 4.90. The van der Waals surface area contributed by atoms with Gasteiger partial charge >= 0.3 is 11.6 Å². The number of nitrogens with one attached hydrogen (secondary N) is 1. The highest BCUT2D eigenvalue weighted by Gasteiger charge is 2.24. The van der Waals surface area contributed by atoms with Crippen molar-refractivity contribution in [2.45, 2.75) is 13.8 Å². The van der Waals surface area contributed by atoms with E-state index in [-0.39, 0.29) is 22.7 Å². The fraction of sp³-hybridized carbons (Fsp3) is 0.160. The van der Waals surface area contributed by atoms with Gasteiger partial charge < -0.3 is 19.2 Å². The maximum atomic E-state index is 13.0. The summed E-state index contributed by atoms with van der Waals surface area (Å²) in [5.74, 6) is -0.541. The summed E-state index contributed by atoms with van der Waals surface area (Å²) in [7, 11) is 0. The van der Waals surface area contributed by atoms with E-state index in [9.17, 15) is 14.4 Å². The lowest BCUT2D eigenvalue weighted by Gasteiger charge is -2.09. The molecule has 0 radical (unpaired) electrons. The molecule has 1 N–H and O–H groups in total. The molecule has 2 aromatic heterocycles. The fourth-order valence-corrected chi connectivity index (χ4v) is 4.72. The first-order valence-corrected chi connectivity index (χ1v) is 12.1. The molecule has 4 rings (SSSR count). The number of hydrogen-bond donors (Lipinski definition) is 1. The molecule has 174 valence electrons. The van der Waals surface area contributed by atoms with Crippen molar-refractivity contribution in [1.82, 2.24) is 0 Å². The molecular weight excluding hydrogens is 522 g/mol. The first-order valence-electron chi connectivity index (χ1n) is 10.5. The third-order valence-corrected chi connectivity index (χ3v) is 6.30. The van der Waals surface area contributed by atoms with Crippen LogP contribution in [0.25, 0.3) is 22.1 Å². The molecule has 0 saturated heterocycles. The van der Waals surface area contributed by atoms with Gasteiger partial charge in [0.15, 0.2) is 0 Å². The number of hydrogen-bond acceptors (Lipinski definition) is 7. The second kappa shape index (κ2) is 10.2. The van der Waals surface area contributed by atoms with Crippen LogP contribution < -0.4 is 15.7 Å². The van der Waals surface area contributed by atoms with Crippen molar-refractivity contribution >= 4 is 55.1 Å². The Labute approximate surface area is 207 Å². The Kier molecular flexibility index (Phi) is 7.14. The minimum absolute atomic E-state index is 0.170. The monoisotopic (exact) mass is 541 g/mol. The van der Waals surface area contributed by atoms with Gasteiger partial charge in [-0.3, -0.25) is 4.79 Å². The number of anilines is 1. The molecule has 0 saturated carbocycles. The topological polar surface area (TPSA) is 94.8 Å². The average Bonchev–Trinajstić information content (AvgIpc) is 3.23. The molecule has 0 bridgehead atoms. The zero-order chi connectivity index (χ0) is 24.2. The molecule has 34 heavy (non-hydrogen) atoms. The number of benzene rings is 2. The fourth-order valence-electron chi connectivity index (χ4n) is 3.39. The van der Waals surface area contributed by atoms with Crippen LogP contribution in [0.15, 0.2) is 67.6 Å². The standard InChI is InChI=1S/C25H20BrNO6S/c1-3-31-17-8-5-14(6-9-17)19-13-34-23(21(19)25(30)32-4-2)27-22(28)18-12-15-11-16(26)7-10-20(15)33-24(18)29/h5-13H,3-4H2,1-2H3,(H,27,28). The van der Waals surface area contributed by atoms with Crippen LogP contribution >= 0.6 is 27.3 Å². The molecule has 7 nitrogen and oxygen atoms in total. The van der Waals surface area contributed by atoms with Gasteiger partial charge in [0.2, 0.25) is 0 Å². The van der Waals surface area contributed by atoms with Gasteiger partial charge in [-0.05, 0) is 55.8 Å². The van der Waals surface area contributed by atoms with Crippen LogP contribution in [0.3, 0.4) is 0 Å². The number of halogens is 1. The van der Waals surface area contributed by atoms with Crippen molar-refractivity contribution in [2.24, 2.45) is 0 Å². The SMILES string of the molecule is CCOC(=O)c1c(-c2ccc(OCC)cc2)csc1NC(=O)c1cc2cc(Br)ccc2oc1=O. The van der Waals surface area contributed by atoms with Crippen molar-refractivity contribution in [3.8, 4) is 16.9 Å². The van der Waals surface area contributed by atoms with E-state index in [1.54, 1.807) is 30.5 Å². The Morgan fingerprint density at radius 2 is 1.82 bits per heavy atom. The van der Waals surface area contributed by atoms with E-state index in [1.807, 2.05) is 31.2 Å². The lowest BCUT2D eigenvalue weighted by molar-refractivity contribution is 0.0529. The maximum Gasteiger partial charge on any atom is 0.349 e. The largest absolute Gasteiger partial charge is 0.494 e. The first kappa shape index (κ1) is 23.7. The highest BCUT2D eigenvalue weighted by molar-refractivity contribution is 9.10. The summed E-state index contributed by atoms with van der Waals surface area (Å²) in [5, 5.41) is 5.32. The van der Waals surface area contributed by atoms with Crippen molar-refractivity contribution in [2.75, 3.05) is 18.5 Å². The summed E-state index contributed by atoms with van der Waals surface area (Å²) >= 11 is 4.54. The number of amides is 1. The molecule has 9 heteroatoms. The first-order chi connectivity index (χ1) is 16.4. The molecule has 2 heterocycles. The minimum atomic E-state index is -0.770. The Balaban J connectivity index is 1.71. The van der Waals surface area contributed by atoms with Crippen molar-refractivity contribution < 1.29 is 23.5 Å². The van der Waals surface area contributed by atoms with Gasteiger partial charge in [-0.2, -0.15) is 0 Å². The summed E-state index contributed by atoms with van der Waals surface area (Å²) in [6.45, 7) is 4.32. The Hall–Kier alpha value is -3.43. The van der Waals surface area contributed by atoms with Crippen LogP contribution in [0, 0.1) is 0 Å². The summed E-state index contributed by atoms with van der Waals surface area (Å²) < 4.78 is 16.8. The molecule has 2 aromatic carbocycles. The van der Waals surface area contributed by atoms with Gasteiger partial charge in [0, 0.05) is 20.8 Å². The molecular formula is C25H20BrNO6S. The average molecular weight is 542 g/mol. The predicted molar refractivity (Wildman–Crippen MR) is 135 cm³/mol. The number of fused-ring (bicyclic) bond motifs is 1. The van der Waals surface area contributed by atoms with Gasteiger partial charge in [-0.25, -0.2) is 9.59 Å². The number of rotatable bonds is 7. The molecule has 0 aliphatic rings. The third-order valence-electron chi connectivity index (χ3n) is 4.91. The van der Waals surface area contributed by atoms with E-state index in [4.69, 9.17) is 13.9 Å². The van der Waals surface area contributed by atoms with Gasteiger partial charge in [0.1, 0.15) is 27.5 Å². The zero-order valence-corrected chi connectivity index (χ0v) is 20.7. The molecule has 0 aliphatic carbocycles. The summed E-state index contributed by atoms with van der Waals surface area (Å²) in [6.07, 6.45) is 0. The summed E-state index contributed by atoms with van der Waals surface area (Å²) in [5.41, 5.74) is 1.02. The number of thiophene rings is 1. The second-order valence-electron chi connectivity index (χ2n) is 7.12. The Bertz CT molecular complexity index is 1420. The van der Waals surface area contributed by atoms with E-state index < -0.39 is 17.5 Å². The smallest absolute Gasteiger partial charge is 0.349 e. The zero-order valence-electron chi connectivity index (χ0n) is 18.3. The lowest BCUT2D eigenvalue weighted by atomic mass is 10.0. The highest BCUT2D eigenvalue weighted by atomic mass is 79.9. The van der Waals surface area contributed by atoms with E-state index in [0.717, 1.165) is 10.0 Å². The lowest BCUT2D eigenvalue weighted by Crippen LogP contribution is -2.21. The van der Waals surface area contributed by atoms with Crippen molar-refractivity contribution in [3.63, 3.8) is 0 Å². The van der Waals surface area contributed by atoms with Gasteiger partial charge in [-0.1, -0.05) is 28.1 Å². The van der Waals surface area contributed by atoms with E-state index in [2.05, 4.69) is 21.2 Å². The van der Waals surface area contributed by atoms with Gasteiger partial charge in [0.05, 0.1) is 13.2 Å². The molecule has 0 unspecified atom stereocenters. The Morgan fingerprint density at radius 3 is 2.53 bits per heavy atom. The molecule has 0 fully saturated rings. The molecule has 0 spiro atoms. The highest BCUT2D eigenvalue weighted by Crippen LogP contribution is 2.37. The minimum Gasteiger partial charge on any atom is -0.494 e. The normalized spacial score (nSPS) is 10.8. The number of esters is 1. The van der Waals surface area contributed by atoms with Crippen LogP contribution in [-0.2, 0) is 4.74 Å². The van der Waals surface area contributed by atoms with E-state index >= 15 is 0 Å². The van der Waals surface area contributed by atoms with Crippen LogP contribution in [0.1, 0.15) is 34.6 Å². The van der Waals surface area contributed by atoms with Gasteiger partial charge in [-0.15, -0.1) is 11.3 Å². The van der Waals surface area contributed by atoms with E-state index in [0.29, 0.717) is 28.9 Å². The van der Waals surface area contributed by atoms with Crippen molar-refractivity contribution in [3.05, 3.63) is 79.9 Å². The van der Waals surface area contributed by atoms with Crippen LogP contribution in [0.2, 0.25) is 0 Å². The predicted octanol–water partition coefficient (Wildman–Crippen LogP) is 6.11. The number of carbonyl (C=O) groups is 2. The second-order valence-corrected chi connectivity index (χ2v) is 8.91. The van der Waals surface area contributed by atoms with Crippen molar-refractivity contribution in [1.29, 1.82) is 0 Å². The van der Waals surface area contributed by atoms with Crippen LogP contribution in [-0.4, -0.2) is 25.1 Å². The van der Waals surface area contributed by atoms with E-state index in [1.165, 1.54) is 17.4 Å². The molecule has 0 aliphatic heterocycles. The summed E-state index contributed by atoms with van der Waals surface area (Å²) in [4.78, 5) is 38.3. The van der Waals surface area contributed by atoms with Crippen LogP contribution in [0.4, 0.5) is 5.00 Å². The van der Waals surface area contributed by atoms with Gasteiger partial charge in [0.25, 0.3) is 5.91 Å². The molecule has 1 amide bonds. The number of ether oxygens (including phenoxy) is 2.